The molecule has 0 radical (unpaired) electrons. The van der Waals surface area contributed by atoms with E-state index >= 15 is 0 Å². The van der Waals surface area contributed by atoms with Crippen molar-refractivity contribution in [3.05, 3.63) is 29.3 Å². The molecule has 0 saturated heterocycles. The first-order valence-electron chi connectivity index (χ1n) is 4.14. The van der Waals surface area contributed by atoms with Gasteiger partial charge in [-0.15, -0.1) is 0 Å². The van der Waals surface area contributed by atoms with E-state index in [9.17, 15) is 13.2 Å². The highest BCUT2D eigenvalue weighted by Crippen LogP contribution is 2.18. The lowest BCUT2D eigenvalue weighted by atomic mass is 10.4. The Morgan fingerprint density at radius 3 is 2.20 bits per heavy atom. The van der Waals surface area contributed by atoms with Crippen LogP contribution in [0.1, 0.15) is 6.92 Å². The van der Waals surface area contributed by atoms with Crippen molar-refractivity contribution >= 4 is 27.3 Å². The fourth-order valence-electron chi connectivity index (χ4n) is 0.981. The van der Waals surface area contributed by atoms with Crippen LogP contribution < -0.4 is 5.73 Å². The number of halogens is 1. The van der Waals surface area contributed by atoms with Gasteiger partial charge in [0.2, 0.25) is 5.91 Å². The molecule has 15 heavy (non-hydrogen) atoms. The van der Waals surface area contributed by atoms with Crippen LogP contribution >= 0.6 is 11.6 Å². The van der Waals surface area contributed by atoms with Gasteiger partial charge in [-0.3, -0.25) is 4.79 Å². The lowest BCUT2D eigenvalue weighted by molar-refractivity contribution is -0.117. The maximum absolute atomic E-state index is 11.7. The Morgan fingerprint density at radius 2 is 1.80 bits per heavy atom. The van der Waals surface area contributed by atoms with E-state index < -0.39 is 21.0 Å². The van der Waals surface area contributed by atoms with Crippen molar-refractivity contribution in [1.29, 1.82) is 0 Å². The summed E-state index contributed by atoms with van der Waals surface area (Å²) in [5.74, 6) is -0.870. The molecule has 1 aromatic rings. The predicted octanol–water partition coefficient (Wildman–Crippen LogP) is 0.987. The van der Waals surface area contributed by atoms with Crippen molar-refractivity contribution in [2.45, 2.75) is 17.1 Å². The van der Waals surface area contributed by atoms with Gasteiger partial charge in [0.25, 0.3) is 0 Å². The van der Waals surface area contributed by atoms with Crippen LogP contribution in [0.5, 0.6) is 0 Å². The second-order valence-electron chi connectivity index (χ2n) is 3.04. The number of nitrogens with two attached hydrogens (primary N) is 1. The molecule has 1 amide bonds. The van der Waals surface area contributed by atoms with Crippen LogP contribution in [0.4, 0.5) is 0 Å². The lowest BCUT2D eigenvalue weighted by Gasteiger charge is -2.08. The third-order valence-corrected chi connectivity index (χ3v) is 4.35. The number of primary amides is 1. The van der Waals surface area contributed by atoms with Crippen LogP contribution in [0.3, 0.4) is 0 Å². The summed E-state index contributed by atoms with van der Waals surface area (Å²) in [5, 5.41) is -0.806. The molecule has 1 unspecified atom stereocenters. The summed E-state index contributed by atoms with van der Waals surface area (Å²) in [6.07, 6.45) is 0. The van der Waals surface area contributed by atoms with E-state index in [2.05, 4.69) is 0 Å². The number of carbonyl (C=O) groups excluding carboxylic acids is 1. The summed E-state index contributed by atoms with van der Waals surface area (Å²) in [6.45, 7) is 1.26. The summed E-state index contributed by atoms with van der Waals surface area (Å²) in [7, 11) is -3.69. The van der Waals surface area contributed by atoms with E-state index in [1.54, 1.807) is 0 Å². The SMILES string of the molecule is CC(C(N)=O)S(=O)(=O)c1ccc(Cl)cc1. The molecule has 0 aliphatic rings. The maximum Gasteiger partial charge on any atom is 0.235 e. The first-order valence-corrected chi connectivity index (χ1v) is 6.07. The van der Waals surface area contributed by atoms with Crippen molar-refractivity contribution in [3.8, 4) is 0 Å². The molecule has 0 fully saturated rings. The average Bonchev–Trinajstić information content (AvgIpc) is 2.17. The van der Waals surface area contributed by atoms with E-state index in [0.717, 1.165) is 0 Å². The Bertz CT molecular complexity index is 467. The van der Waals surface area contributed by atoms with Crippen LogP contribution in [0, 0.1) is 0 Å². The Morgan fingerprint density at radius 1 is 1.33 bits per heavy atom. The molecular weight excluding hydrogens is 238 g/mol. The lowest BCUT2D eigenvalue weighted by Crippen LogP contribution is -2.33. The van der Waals surface area contributed by atoms with Gasteiger partial charge in [0.05, 0.1) is 4.90 Å². The molecule has 0 aliphatic carbocycles. The molecule has 0 aliphatic heterocycles. The summed E-state index contributed by atoms with van der Waals surface area (Å²) in [5.41, 5.74) is 4.95. The molecular formula is C9H10ClNO3S. The van der Waals surface area contributed by atoms with Gasteiger partial charge in [0, 0.05) is 5.02 Å². The van der Waals surface area contributed by atoms with Crippen LogP contribution in [-0.4, -0.2) is 19.6 Å². The highest BCUT2D eigenvalue weighted by molar-refractivity contribution is 7.92. The minimum atomic E-state index is -3.69. The molecule has 2 N–H and O–H groups in total. The normalized spacial score (nSPS) is 13.5. The minimum absolute atomic E-state index is 0.0400. The number of carbonyl (C=O) groups is 1. The van der Waals surface area contributed by atoms with Gasteiger partial charge in [-0.2, -0.15) is 0 Å². The van der Waals surface area contributed by atoms with Crippen LogP contribution in [-0.2, 0) is 14.6 Å². The third-order valence-electron chi connectivity index (χ3n) is 2.01. The highest BCUT2D eigenvalue weighted by Gasteiger charge is 2.27. The van der Waals surface area contributed by atoms with E-state index in [4.69, 9.17) is 17.3 Å². The second kappa shape index (κ2) is 4.20. The zero-order valence-corrected chi connectivity index (χ0v) is 9.55. The summed E-state index contributed by atoms with van der Waals surface area (Å²) >= 11 is 5.62. The van der Waals surface area contributed by atoms with Gasteiger partial charge in [-0.1, -0.05) is 11.6 Å². The summed E-state index contributed by atoms with van der Waals surface area (Å²) in [4.78, 5) is 10.8. The number of amides is 1. The highest BCUT2D eigenvalue weighted by atomic mass is 35.5. The molecule has 0 bridgehead atoms. The molecule has 0 saturated carbocycles. The standard InChI is InChI=1S/C9H10ClNO3S/c1-6(9(11)12)15(13,14)8-4-2-7(10)3-5-8/h2-6H,1H3,(H2,11,12). The van der Waals surface area contributed by atoms with Gasteiger partial charge in [-0.25, -0.2) is 8.42 Å². The quantitative estimate of drug-likeness (QED) is 0.865. The topological polar surface area (TPSA) is 77.2 Å². The molecule has 6 heteroatoms. The second-order valence-corrected chi connectivity index (χ2v) is 5.75. The molecule has 0 spiro atoms. The molecule has 0 aromatic heterocycles. The monoisotopic (exact) mass is 247 g/mol. The van der Waals surface area contributed by atoms with E-state index in [0.29, 0.717) is 5.02 Å². The van der Waals surface area contributed by atoms with Gasteiger partial charge < -0.3 is 5.73 Å². The van der Waals surface area contributed by atoms with Gasteiger partial charge in [-0.05, 0) is 31.2 Å². The van der Waals surface area contributed by atoms with Crippen molar-refractivity contribution in [3.63, 3.8) is 0 Å². The zero-order chi connectivity index (χ0) is 11.6. The van der Waals surface area contributed by atoms with Crippen molar-refractivity contribution in [2.75, 3.05) is 0 Å². The Hall–Kier alpha value is -1.07. The molecule has 1 rings (SSSR count). The molecule has 1 aromatic carbocycles. The maximum atomic E-state index is 11.7. The predicted molar refractivity (Wildman–Crippen MR) is 57.3 cm³/mol. The third kappa shape index (κ3) is 2.49. The van der Waals surface area contributed by atoms with Gasteiger partial charge in [0.15, 0.2) is 9.84 Å². The van der Waals surface area contributed by atoms with Crippen molar-refractivity contribution in [2.24, 2.45) is 5.73 Å². The number of rotatable bonds is 3. The number of hydrogen-bond donors (Lipinski definition) is 1. The number of sulfone groups is 1. The average molecular weight is 248 g/mol. The van der Waals surface area contributed by atoms with Crippen LogP contribution in [0.25, 0.3) is 0 Å². The first kappa shape index (κ1) is 12.0. The zero-order valence-electron chi connectivity index (χ0n) is 7.98. The first-order chi connectivity index (χ1) is 6.85. The van der Waals surface area contributed by atoms with Crippen LogP contribution in [0.15, 0.2) is 29.2 Å². The van der Waals surface area contributed by atoms with Gasteiger partial charge in [0.1, 0.15) is 5.25 Å². The Balaban J connectivity index is 3.17. The van der Waals surface area contributed by atoms with Crippen molar-refractivity contribution < 1.29 is 13.2 Å². The molecule has 82 valence electrons. The van der Waals surface area contributed by atoms with E-state index in [1.165, 1.54) is 31.2 Å². The van der Waals surface area contributed by atoms with E-state index in [-0.39, 0.29) is 4.90 Å². The fourth-order valence-corrected chi connectivity index (χ4v) is 2.34. The molecule has 1 atom stereocenters. The summed E-state index contributed by atoms with van der Waals surface area (Å²) in [6, 6.07) is 5.58. The molecule has 4 nitrogen and oxygen atoms in total. The largest absolute Gasteiger partial charge is 0.369 e. The van der Waals surface area contributed by atoms with Crippen LogP contribution in [0.2, 0.25) is 5.02 Å². The number of hydrogen-bond acceptors (Lipinski definition) is 3. The van der Waals surface area contributed by atoms with Crippen molar-refractivity contribution in [1.82, 2.24) is 0 Å². The minimum Gasteiger partial charge on any atom is -0.369 e. The fraction of sp³-hybridized carbons (Fsp3) is 0.222. The van der Waals surface area contributed by atoms with Gasteiger partial charge >= 0.3 is 0 Å². The molecule has 0 heterocycles. The number of benzene rings is 1. The summed E-state index contributed by atoms with van der Waals surface area (Å²) < 4.78 is 23.5. The smallest absolute Gasteiger partial charge is 0.235 e. The van der Waals surface area contributed by atoms with E-state index in [1.807, 2.05) is 0 Å². The Labute approximate surface area is 93.0 Å². The Kier molecular flexibility index (Phi) is 3.36.